The van der Waals surface area contributed by atoms with Crippen LogP contribution in [0, 0.1) is 0 Å². The lowest BCUT2D eigenvalue weighted by Gasteiger charge is -2.17. The molecule has 0 unspecified atom stereocenters. The Morgan fingerprint density at radius 2 is 1.35 bits per heavy atom. The predicted octanol–water partition coefficient (Wildman–Crippen LogP) is 6.03. The van der Waals surface area contributed by atoms with E-state index in [1.165, 1.54) is 0 Å². The first-order chi connectivity index (χ1) is 18.0. The minimum absolute atomic E-state index is 0.0791. The van der Waals surface area contributed by atoms with Crippen LogP contribution in [0.3, 0.4) is 0 Å². The molecule has 0 radical (unpaired) electrons. The average molecular weight is 560 g/mol. The van der Waals surface area contributed by atoms with Crippen molar-refractivity contribution in [3.05, 3.63) is 130 Å². The van der Waals surface area contributed by atoms with Crippen molar-refractivity contribution >= 4 is 27.8 Å². The van der Waals surface area contributed by atoms with Gasteiger partial charge in [-0.25, -0.2) is 4.79 Å². The molecule has 7 heteroatoms. The number of carboxylic acids is 1. The summed E-state index contributed by atoms with van der Waals surface area (Å²) in [5, 5.41) is 12.4. The second kappa shape index (κ2) is 12.7. The maximum atomic E-state index is 12.7. The Balaban J connectivity index is 1.52. The Hall–Kier alpha value is -4.10. The molecule has 4 aromatic carbocycles. The lowest BCUT2D eigenvalue weighted by atomic mass is 10.0. The maximum Gasteiger partial charge on any atom is 0.326 e. The third kappa shape index (κ3) is 7.69. The van der Waals surface area contributed by atoms with E-state index in [1.807, 2.05) is 60.7 Å². The molecular weight excluding hydrogens is 534 g/mol. The van der Waals surface area contributed by atoms with Crippen LogP contribution in [-0.4, -0.2) is 23.0 Å². The zero-order valence-corrected chi connectivity index (χ0v) is 21.6. The summed E-state index contributed by atoms with van der Waals surface area (Å²) in [5.41, 5.74) is 3.07. The van der Waals surface area contributed by atoms with Gasteiger partial charge in [0.25, 0.3) is 5.91 Å². The number of halogens is 1. The first kappa shape index (κ1) is 26.0. The monoisotopic (exact) mass is 559 g/mol. The number of nitrogens with one attached hydrogen (secondary N) is 1. The standard InChI is InChI=1S/C30H26BrNO5/c31-25-13-7-12-24(18-25)29(33)32-26(30(34)35)16-23-14-15-27(36-19-21-8-3-1-4-9-21)28(17-23)37-20-22-10-5-2-6-11-22/h1-15,17-18,26H,16,19-20H2,(H,32,33)(H,34,35)/t26-/m1/s1. The number of carbonyl (C=O) groups excluding carboxylic acids is 1. The van der Waals surface area contributed by atoms with Crippen molar-refractivity contribution in [1.82, 2.24) is 5.32 Å². The van der Waals surface area contributed by atoms with Gasteiger partial charge in [-0.3, -0.25) is 4.79 Å². The number of ether oxygens (including phenoxy) is 2. The van der Waals surface area contributed by atoms with Gasteiger partial charge in [-0.2, -0.15) is 0 Å². The summed E-state index contributed by atoms with van der Waals surface area (Å²) in [6, 6.07) is 30.5. The van der Waals surface area contributed by atoms with E-state index in [1.54, 1.807) is 42.5 Å². The fraction of sp³-hybridized carbons (Fsp3) is 0.133. The van der Waals surface area contributed by atoms with Crippen LogP contribution in [0.1, 0.15) is 27.0 Å². The van der Waals surface area contributed by atoms with Gasteiger partial charge in [0.15, 0.2) is 11.5 Å². The summed E-state index contributed by atoms with van der Waals surface area (Å²) in [6.45, 7) is 0.691. The fourth-order valence-corrected chi connectivity index (χ4v) is 4.09. The molecule has 4 aromatic rings. The van der Waals surface area contributed by atoms with Crippen LogP contribution in [0.4, 0.5) is 0 Å². The highest BCUT2D eigenvalue weighted by molar-refractivity contribution is 9.10. The van der Waals surface area contributed by atoms with Crippen LogP contribution in [0.2, 0.25) is 0 Å². The van der Waals surface area contributed by atoms with Crippen molar-refractivity contribution in [1.29, 1.82) is 0 Å². The largest absolute Gasteiger partial charge is 0.485 e. The summed E-state index contributed by atoms with van der Waals surface area (Å²) >= 11 is 3.33. The van der Waals surface area contributed by atoms with E-state index in [-0.39, 0.29) is 6.42 Å². The molecule has 0 aliphatic rings. The quantitative estimate of drug-likeness (QED) is 0.234. The van der Waals surface area contributed by atoms with Gasteiger partial charge in [0, 0.05) is 16.5 Å². The van der Waals surface area contributed by atoms with E-state index in [2.05, 4.69) is 21.2 Å². The SMILES string of the molecule is O=C(N[C@H](Cc1ccc(OCc2ccccc2)c(OCc2ccccc2)c1)C(=O)O)c1cccc(Br)c1. The Kier molecular flexibility index (Phi) is 8.94. The van der Waals surface area contributed by atoms with Crippen molar-refractivity contribution < 1.29 is 24.2 Å². The fourth-order valence-electron chi connectivity index (χ4n) is 3.69. The molecule has 4 rings (SSSR count). The maximum absolute atomic E-state index is 12.7. The first-order valence-corrected chi connectivity index (χ1v) is 12.5. The van der Waals surface area contributed by atoms with Gasteiger partial charge in [-0.05, 0) is 47.0 Å². The van der Waals surface area contributed by atoms with Crippen molar-refractivity contribution in [2.75, 3.05) is 0 Å². The number of carbonyl (C=O) groups is 2. The van der Waals surface area contributed by atoms with Crippen molar-refractivity contribution in [2.24, 2.45) is 0 Å². The van der Waals surface area contributed by atoms with E-state index in [9.17, 15) is 14.7 Å². The van der Waals surface area contributed by atoms with E-state index < -0.39 is 17.9 Å². The lowest BCUT2D eigenvalue weighted by Crippen LogP contribution is -2.42. The second-order valence-electron chi connectivity index (χ2n) is 8.41. The molecule has 0 heterocycles. The van der Waals surface area contributed by atoms with Gasteiger partial charge < -0.3 is 19.9 Å². The number of rotatable bonds is 11. The summed E-state index contributed by atoms with van der Waals surface area (Å²) in [4.78, 5) is 24.6. The molecule has 0 aromatic heterocycles. The molecule has 6 nitrogen and oxygen atoms in total. The molecule has 0 aliphatic heterocycles. The zero-order chi connectivity index (χ0) is 26.0. The van der Waals surface area contributed by atoms with Crippen LogP contribution in [0.25, 0.3) is 0 Å². The van der Waals surface area contributed by atoms with E-state index in [4.69, 9.17) is 9.47 Å². The van der Waals surface area contributed by atoms with Gasteiger partial charge in [-0.1, -0.05) is 88.7 Å². The topological polar surface area (TPSA) is 84.9 Å². The molecule has 0 saturated heterocycles. The minimum Gasteiger partial charge on any atom is -0.485 e. The van der Waals surface area contributed by atoms with Crippen LogP contribution >= 0.6 is 15.9 Å². The van der Waals surface area contributed by atoms with Gasteiger partial charge in [0.1, 0.15) is 19.3 Å². The van der Waals surface area contributed by atoms with Crippen LogP contribution in [0.5, 0.6) is 11.5 Å². The van der Waals surface area contributed by atoms with Crippen LogP contribution in [-0.2, 0) is 24.4 Å². The molecule has 0 spiro atoms. The smallest absolute Gasteiger partial charge is 0.326 e. The number of benzene rings is 4. The van der Waals surface area contributed by atoms with E-state index in [0.29, 0.717) is 35.8 Å². The first-order valence-electron chi connectivity index (χ1n) is 11.7. The number of hydrogen-bond donors (Lipinski definition) is 2. The number of carboxylic acid groups (broad SMARTS) is 1. The van der Waals surface area contributed by atoms with E-state index >= 15 is 0 Å². The zero-order valence-electron chi connectivity index (χ0n) is 20.0. The molecule has 37 heavy (non-hydrogen) atoms. The summed E-state index contributed by atoms with van der Waals surface area (Å²) in [5.74, 6) is -0.537. The van der Waals surface area contributed by atoms with Gasteiger partial charge in [-0.15, -0.1) is 0 Å². The molecule has 2 N–H and O–H groups in total. The predicted molar refractivity (Wildman–Crippen MR) is 145 cm³/mol. The highest BCUT2D eigenvalue weighted by Gasteiger charge is 2.22. The summed E-state index contributed by atoms with van der Waals surface area (Å²) in [6.07, 6.45) is 0.0791. The van der Waals surface area contributed by atoms with Crippen LogP contribution < -0.4 is 14.8 Å². The number of aliphatic carboxylic acids is 1. The van der Waals surface area contributed by atoms with Crippen molar-refractivity contribution in [3.63, 3.8) is 0 Å². The van der Waals surface area contributed by atoms with E-state index in [0.717, 1.165) is 15.6 Å². The minimum atomic E-state index is -1.13. The third-order valence-electron chi connectivity index (χ3n) is 5.61. The van der Waals surface area contributed by atoms with Gasteiger partial charge in [0.05, 0.1) is 0 Å². The summed E-state index contributed by atoms with van der Waals surface area (Å²) in [7, 11) is 0. The average Bonchev–Trinajstić information content (AvgIpc) is 2.92. The second-order valence-corrected chi connectivity index (χ2v) is 9.32. The summed E-state index contributed by atoms with van der Waals surface area (Å²) < 4.78 is 12.9. The third-order valence-corrected chi connectivity index (χ3v) is 6.11. The van der Waals surface area contributed by atoms with Crippen LogP contribution in [0.15, 0.2) is 108 Å². The molecule has 0 fully saturated rings. The van der Waals surface area contributed by atoms with Crippen molar-refractivity contribution in [3.8, 4) is 11.5 Å². The van der Waals surface area contributed by atoms with Crippen molar-refractivity contribution in [2.45, 2.75) is 25.7 Å². The Morgan fingerprint density at radius 3 is 1.95 bits per heavy atom. The van der Waals surface area contributed by atoms with Gasteiger partial charge >= 0.3 is 5.97 Å². The highest BCUT2D eigenvalue weighted by atomic mass is 79.9. The molecular formula is C30H26BrNO5. The Bertz CT molecular complexity index is 1340. The normalized spacial score (nSPS) is 11.4. The molecule has 0 saturated carbocycles. The molecule has 1 amide bonds. The highest BCUT2D eigenvalue weighted by Crippen LogP contribution is 2.30. The lowest BCUT2D eigenvalue weighted by molar-refractivity contribution is -0.139. The molecule has 0 bridgehead atoms. The molecule has 188 valence electrons. The Morgan fingerprint density at radius 1 is 0.730 bits per heavy atom. The number of amides is 1. The Labute approximate surface area is 224 Å². The number of hydrogen-bond acceptors (Lipinski definition) is 4. The molecule has 1 atom stereocenters. The van der Waals surface area contributed by atoms with Gasteiger partial charge in [0.2, 0.25) is 0 Å². The molecule has 0 aliphatic carbocycles.